The van der Waals surface area contributed by atoms with Crippen LogP contribution in [0.15, 0.2) is 77.9 Å². The number of benzene rings is 2. The van der Waals surface area contributed by atoms with Crippen LogP contribution in [0.25, 0.3) is 22.4 Å². The van der Waals surface area contributed by atoms with Crippen molar-refractivity contribution in [2.24, 2.45) is 12.8 Å². The summed E-state index contributed by atoms with van der Waals surface area (Å²) in [7, 11) is 1.47. The van der Waals surface area contributed by atoms with Crippen molar-refractivity contribution in [1.82, 2.24) is 14.5 Å². The van der Waals surface area contributed by atoms with Gasteiger partial charge in [0.15, 0.2) is 0 Å². The number of pyridine rings is 1. The van der Waals surface area contributed by atoms with Gasteiger partial charge in [-0.3, -0.25) is 14.3 Å². The minimum atomic E-state index is -4.57. The van der Waals surface area contributed by atoms with Gasteiger partial charge in [0.05, 0.1) is 16.8 Å². The minimum Gasteiger partial charge on any atom is -0.355 e. The van der Waals surface area contributed by atoms with Gasteiger partial charge in [-0.25, -0.2) is 9.37 Å². The number of nitrogens with two attached hydrogens (primary N) is 1. The lowest BCUT2D eigenvalue weighted by Gasteiger charge is -2.18. The second kappa shape index (κ2) is 10.3. The van der Waals surface area contributed by atoms with E-state index < -0.39 is 29.2 Å². The molecule has 0 saturated heterocycles. The minimum absolute atomic E-state index is 0.0309. The number of aromatic nitrogens is 3. The fourth-order valence-electron chi connectivity index (χ4n) is 3.86. The molecule has 4 rings (SSSR count). The summed E-state index contributed by atoms with van der Waals surface area (Å²) < 4.78 is 55.3. The predicted molar refractivity (Wildman–Crippen MR) is 130 cm³/mol. The van der Waals surface area contributed by atoms with Crippen LogP contribution in [0.5, 0.6) is 0 Å². The smallest absolute Gasteiger partial charge is 0.355 e. The van der Waals surface area contributed by atoms with Crippen LogP contribution in [-0.2, 0) is 13.2 Å². The average molecular weight is 497 g/mol. The molecule has 186 valence electrons. The van der Waals surface area contributed by atoms with E-state index in [-0.39, 0.29) is 29.3 Å². The molecule has 0 amide bonds. The Morgan fingerprint density at radius 3 is 2.44 bits per heavy atom. The van der Waals surface area contributed by atoms with Crippen LogP contribution in [0, 0.1) is 5.82 Å². The van der Waals surface area contributed by atoms with Gasteiger partial charge in [-0.2, -0.15) is 13.2 Å². The van der Waals surface area contributed by atoms with E-state index in [1.54, 1.807) is 30.3 Å². The van der Waals surface area contributed by atoms with E-state index in [0.29, 0.717) is 17.5 Å². The molecule has 0 radical (unpaired) electrons. The zero-order valence-electron chi connectivity index (χ0n) is 19.3. The normalized spacial score (nSPS) is 12.4. The van der Waals surface area contributed by atoms with E-state index in [1.807, 2.05) is 0 Å². The molecule has 0 aliphatic carbocycles. The number of nitrogens with zero attached hydrogens (tertiary/aromatic N) is 3. The summed E-state index contributed by atoms with van der Waals surface area (Å²) in [6, 6.07) is 13.5. The number of halogens is 4. The Hall–Kier alpha value is -4.05. The molecule has 0 aliphatic heterocycles. The summed E-state index contributed by atoms with van der Waals surface area (Å²) in [4.78, 5) is 22.0. The van der Waals surface area contributed by atoms with Crippen molar-refractivity contribution >= 4 is 5.95 Å². The van der Waals surface area contributed by atoms with Crippen LogP contribution in [-0.4, -0.2) is 21.1 Å². The van der Waals surface area contributed by atoms with Gasteiger partial charge in [0.25, 0.3) is 5.56 Å². The molecular formula is C26H23F4N5O. The molecule has 0 saturated carbocycles. The number of rotatable bonds is 7. The maximum atomic E-state index is 14.0. The van der Waals surface area contributed by atoms with E-state index >= 15 is 0 Å². The van der Waals surface area contributed by atoms with Crippen molar-refractivity contribution < 1.29 is 17.6 Å². The molecule has 1 unspecified atom stereocenters. The third kappa shape index (κ3) is 5.28. The monoisotopic (exact) mass is 497 g/mol. The van der Waals surface area contributed by atoms with E-state index in [1.165, 1.54) is 42.2 Å². The van der Waals surface area contributed by atoms with Gasteiger partial charge in [-0.15, -0.1) is 0 Å². The van der Waals surface area contributed by atoms with Crippen molar-refractivity contribution in [3.63, 3.8) is 0 Å². The second-order valence-corrected chi connectivity index (χ2v) is 8.18. The Kier molecular flexibility index (Phi) is 7.16. The van der Waals surface area contributed by atoms with Gasteiger partial charge >= 0.3 is 6.18 Å². The van der Waals surface area contributed by atoms with Crippen LogP contribution in [0.2, 0.25) is 0 Å². The molecule has 10 heteroatoms. The molecule has 4 aromatic rings. The molecule has 0 fully saturated rings. The van der Waals surface area contributed by atoms with Crippen molar-refractivity contribution in [1.29, 1.82) is 0 Å². The molecule has 6 nitrogen and oxygen atoms in total. The maximum Gasteiger partial charge on any atom is 0.416 e. The second-order valence-electron chi connectivity index (χ2n) is 8.18. The van der Waals surface area contributed by atoms with Crippen LogP contribution in [0.4, 0.5) is 23.5 Å². The molecular weight excluding hydrogens is 474 g/mol. The quantitative estimate of drug-likeness (QED) is 0.344. The summed E-state index contributed by atoms with van der Waals surface area (Å²) in [6.45, 7) is 0.272. The Labute approximate surface area is 204 Å². The van der Waals surface area contributed by atoms with Crippen molar-refractivity contribution in [3.05, 3.63) is 100 Å². The standard InChI is InChI=1S/C26H23F4N5O/c1-35-24(36)22(17-5-4-6-18(15-17)26(28,29)30)23(16-9-12-32-13-10-16)34-25(35)33-14-11-21(31)19-7-2-3-8-20(19)27/h2-10,12-13,15,21H,11,14,31H2,1H3,(H,33,34). The molecule has 1 atom stereocenters. The van der Waals surface area contributed by atoms with Gasteiger partial charge in [0.2, 0.25) is 5.95 Å². The molecule has 0 spiro atoms. The zero-order chi connectivity index (χ0) is 25.9. The lowest BCUT2D eigenvalue weighted by atomic mass is 9.99. The molecule has 2 aromatic carbocycles. The molecule has 3 N–H and O–H groups in total. The highest BCUT2D eigenvalue weighted by molar-refractivity contribution is 5.81. The molecule has 36 heavy (non-hydrogen) atoms. The first kappa shape index (κ1) is 25.1. The largest absolute Gasteiger partial charge is 0.416 e. The van der Waals surface area contributed by atoms with Crippen molar-refractivity contribution in [2.45, 2.75) is 18.6 Å². The Morgan fingerprint density at radius 1 is 1.03 bits per heavy atom. The first-order valence-corrected chi connectivity index (χ1v) is 11.1. The van der Waals surface area contributed by atoms with Crippen molar-refractivity contribution in [2.75, 3.05) is 11.9 Å². The highest BCUT2D eigenvalue weighted by atomic mass is 19.4. The van der Waals surface area contributed by atoms with Crippen LogP contribution < -0.4 is 16.6 Å². The lowest BCUT2D eigenvalue weighted by molar-refractivity contribution is -0.137. The van der Waals surface area contributed by atoms with Gasteiger partial charge in [-0.1, -0.05) is 30.3 Å². The molecule has 2 aromatic heterocycles. The highest BCUT2D eigenvalue weighted by Gasteiger charge is 2.31. The third-order valence-electron chi connectivity index (χ3n) is 5.77. The van der Waals surface area contributed by atoms with Gasteiger partial charge < -0.3 is 11.1 Å². The van der Waals surface area contributed by atoms with E-state index in [0.717, 1.165) is 12.1 Å². The topological polar surface area (TPSA) is 85.8 Å². The molecule has 2 heterocycles. The van der Waals surface area contributed by atoms with E-state index in [9.17, 15) is 22.4 Å². The summed E-state index contributed by atoms with van der Waals surface area (Å²) in [5, 5.41) is 3.05. The molecule has 0 aliphatic rings. The summed E-state index contributed by atoms with van der Waals surface area (Å²) >= 11 is 0. The van der Waals surface area contributed by atoms with Gasteiger partial charge in [0.1, 0.15) is 5.82 Å². The van der Waals surface area contributed by atoms with E-state index in [4.69, 9.17) is 5.73 Å². The number of anilines is 1. The SMILES string of the molecule is Cn1c(NCCC(N)c2ccccc2F)nc(-c2ccncc2)c(-c2cccc(C(F)(F)F)c2)c1=O. The number of nitrogens with one attached hydrogen (secondary N) is 1. The Balaban J connectivity index is 1.71. The van der Waals surface area contributed by atoms with E-state index in [2.05, 4.69) is 15.3 Å². The fourth-order valence-corrected chi connectivity index (χ4v) is 3.86. The first-order chi connectivity index (χ1) is 17.2. The van der Waals surface area contributed by atoms with Gasteiger partial charge in [-0.05, 0) is 42.3 Å². The fraction of sp³-hybridized carbons (Fsp3) is 0.192. The zero-order valence-corrected chi connectivity index (χ0v) is 19.3. The van der Waals surface area contributed by atoms with Crippen molar-refractivity contribution in [3.8, 4) is 22.4 Å². The maximum absolute atomic E-state index is 14.0. The Morgan fingerprint density at radius 2 is 1.75 bits per heavy atom. The predicted octanol–water partition coefficient (Wildman–Crippen LogP) is 5.17. The van der Waals surface area contributed by atoms with Crippen LogP contribution >= 0.6 is 0 Å². The first-order valence-electron chi connectivity index (χ1n) is 11.1. The third-order valence-corrected chi connectivity index (χ3v) is 5.77. The summed E-state index contributed by atoms with van der Waals surface area (Å²) in [6.07, 6.45) is -1.21. The molecule has 0 bridgehead atoms. The van der Waals surface area contributed by atoms with Gasteiger partial charge in [0, 0.05) is 43.2 Å². The Bertz CT molecular complexity index is 1420. The van der Waals surface area contributed by atoms with Crippen LogP contribution in [0.1, 0.15) is 23.6 Å². The summed E-state index contributed by atoms with van der Waals surface area (Å²) in [5.41, 5.74) is 5.96. The number of alkyl halides is 3. The highest BCUT2D eigenvalue weighted by Crippen LogP contribution is 2.34. The number of hydrogen-bond acceptors (Lipinski definition) is 5. The average Bonchev–Trinajstić information content (AvgIpc) is 2.86. The summed E-state index contributed by atoms with van der Waals surface area (Å²) in [5.74, 6) is -0.204. The number of hydrogen-bond donors (Lipinski definition) is 2. The van der Waals surface area contributed by atoms with Crippen LogP contribution in [0.3, 0.4) is 0 Å². The lowest BCUT2D eigenvalue weighted by Crippen LogP contribution is -2.26.